The Morgan fingerprint density at radius 3 is 2.81 bits per heavy atom. The molecule has 2 aromatic carbocycles. The molecule has 0 atom stereocenters. The van der Waals surface area contributed by atoms with Gasteiger partial charge in [0.1, 0.15) is 17.3 Å². The molecule has 3 heterocycles. The quantitative estimate of drug-likeness (QED) is 0.538. The highest BCUT2D eigenvalue weighted by molar-refractivity contribution is 5.94. The zero-order valence-corrected chi connectivity index (χ0v) is 16.7. The van der Waals surface area contributed by atoms with Crippen molar-refractivity contribution in [2.45, 2.75) is 5.92 Å². The van der Waals surface area contributed by atoms with E-state index in [9.17, 15) is 9.18 Å². The summed E-state index contributed by atoms with van der Waals surface area (Å²) in [5, 5.41) is 15.4. The minimum Gasteiger partial charge on any atom is -0.496 e. The lowest BCUT2D eigenvalue weighted by atomic mass is 9.96. The molecule has 1 saturated heterocycles. The van der Waals surface area contributed by atoms with Crippen molar-refractivity contribution < 1.29 is 13.9 Å². The van der Waals surface area contributed by atoms with Crippen LogP contribution in [0.4, 0.5) is 4.39 Å². The van der Waals surface area contributed by atoms with Crippen LogP contribution in [0.25, 0.3) is 16.9 Å². The standard InChI is InChI=1S/C22H19FN6O2/c1-31-21-8-3-2-7-17(21)18-10-19(25-24-18)22(30)28-11-14(12-28)20-13-29(27-26-20)16-6-4-5-15(23)9-16/h2-10,13-14H,11-12H2,1H3,(H,24,25). The van der Waals surface area contributed by atoms with Crippen molar-refractivity contribution >= 4 is 5.91 Å². The number of hydrogen-bond acceptors (Lipinski definition) is 5. The second-order valence-corrected chi connectivity index (χ2v) is 7.34. The monoisotopic (exact) mass is 418 g/mol. The number of aromatic nitrogens is 5. The molecule has 0 unspecified atom stereocenters. The van der Waals surface area contributed by atoms with Crippen molar-refractivity contribution in [3.05, 3.63) is 78.0 Å². The SMILES string of the molecule is COc1ccccc1-c1cc(C(=O)N2CC(c3cn(-c4cccc(F)c4)nn3)C2)[nH]n1. The first-order valence-corrected chi connectivity index (χ1v) is 9.78. The van der Waals surface area contributed by atoms with Crippen LogP contribution >= 0.6 is 0 Å². The Kier molecular flexibility index (Phi) is 4.70. The van der Waals surface area contributed by atoms with Crippen molar-refractivity contribution in [1.82, 2.24) is 30.1 Å². The third kappa shape index (κ3) is 3.54. The van der Waals surface area contributed by atoms with E-state index in [0.717, 1.165) is 11.3 Å². The highest BCUT2D eigenvalue weighted by atomic mass is 19.1. The summed E-state index contributed by atoms with van der Waals surface area (Å²) < 4.78 is 20.3. The number of nitrogens with zero attached hydrogens (tertiary/aromatic N) is 5. The van der Waals surface area contributed by atoms with Gasteiger partial charge in [-0.2, -0.15) is 5.10 Å². The maximum Gasteiger partial charge on any atom is 0.271 e. The fourth-order valence-corrected chi connectivity index (χ4v) is 3.64. The average Bonchev–Trinajstić information content (AvgIpc) is 3.43. The van der Waals surface area contributed by atoms with Gasteiger partial charge >= 0.3 is 0 Å². The molecule has 9 heteroatoms. The zero-order chi connectivity index (χ0) is 21.4. The highest BCUT2D eigenvalue weighted by Crippen LogP contribution is 2.30. The van der Waals surface area contributed by atoms with Gasteiger partial charge in [0.15, 0.2) is 0 Å². The number of carbonyl (C=O) groups excluding carboxylic acids is 1. The Hall–Kier alpha value is -4.01. The second kappa shape index (κ2) is 7.67. The first-order valence-electron chi connectivity index (χ1n) is 9.78. The van der Waals surface area contributed by atoms with Gasteiger partial charge in [0, 0.05) is 24.6 Å². The van der Waals surface area contributed by atoms with Crippen LogP contribution in [0.2, 0.25) is 0 Å². The van der Waals surface area contributed by atoms with Gasteiger partial charge in [0.2, 0.25) is 0 Å². The number of methoxy groups -OCH3 is 1. The fraction of sp³-hybridized carbons (Fsp3) is 0.182. The number of rotatable bonds is 5. The first kappa shape index (κ1) is 19.0. The molecule has 5 rings (SSSR count). The second-order valence-electron chi connectivity index (χ2n) is 7.34. The number of halogens is 1. The van der Waals surface area contributed by atoms with Gasteiger partial charge in [-0.05, 0) is 36.4 Å². The van der Waals surface area contributed by atoms with Crippen LogP contribution in [-0.4, -0.2) is 56.2 Å². The van der Waals surface area contributed by atoms with Crippen LogP contribution in [0.1, 0.15) is 22.1 Å². The molecule has 4 aromatic rings. The van der Waals surface area contributed by atoms with Crippen molar-refractivity contribution in [2.24, 2.45) is 0 Å². The maximum atomic E-state index is 13.4. The van der Waals surface area contributed by atoms with Crippen LogP contribution in [0.15, 0.2) is 60.8 Å². The minimum atomic E-state index is -0.331. The largest absolute Gasteiger partial charge is 0.496 e. The topological polar surface area (TPSA) is 88.9 Å². The van der Waals surface area contributed by atoms with Crippen LogP contribution in [0.3, 0.4) is 0 Å². The molecule has 0 radical (unpaired) electrons. The number of likely N-dealkylation sites (tertiary alicyclic amines) is 1. The Morgan fingerprint density at radius 2 is 2.00 bits per heavy atom. The van der Waals surface area contributed by atoms with E-state index < -0.39 is 0 Å². The van der Waals surface area contributed by atoms with Crippen molar-refractivity contribution in [2.75, 3.05) is 20.2 Å². The smallest absolute Gasteiger partial charge is 0.271 e. The number of benzene rings is 2. The van der Waals surface area contributed by atoms with Crippen LogP contribution in [0.5, 0.6) is 5.75 Å². The van der Waals surface area contributed by atoms with E-state index in [1.165, 1.54) is 16.8 Å². The molecule has 0 saturated carbocycles. The molecule has 156 valence electrons. The molecule has 0 bridgehead atoms. The van der Waals surface area contributed by atoms with E-state index >= 15 is 0 Å². The molecule has 8 nitrogen and oxygen atoms in total. The van der Waals surface area contributed by atoms with E-state index in [1.54, 1.807) is 36.4 Å². The van der Waals surface area contributed by atoms with Crippen LogP contribution < -0.4 is 4.74 Å². The summed E-state index contributed by atoms with van der Waals surface area (Å²) in [5.41, 5.74) is 3.26. The summed E-state index contributed by atoms with van der Waals surface area (Å²) >= 11 is 0. The number of H-pyrrole nitrogens is 1. The number of amides is 1. The number of hydrogen-bond donors (Lipinski definition) is 1. The summed E-state index contributed by atoms with van der Waals surface area (Å²) in [4.78, 5) is 14.5. The molecule has 31 heavy (non-hydrogen) atoms. The summed E-state index contributed by atoms with van der Waals surface area (Å²) in [6.45, 7) is 1.06. The van der Waals surface area contributed by atoms with Gasteiger partial charge in [-0.3, -0.25) is 9.89 Å². The molecule has 1 amide bonds. The predicted octanol–water partition coefficient (Wildman–Crippen LogP) is 3.04. The third-order valence-corrected chi connectivity index (χ3v) is 5.36. The van der Waals surface area contributed by atoms with E-state index in [2.05, 4.69) is 20.5 Å². The highest BCUT2D eigenvalue weighted by Gasteiger charge is 2.35. The molecular weight excluding hydrogens is 399 g/mol. The average molecular weight is 418 g/mol. The van der Waals surface area contributed by atoms with Crippen molar-refractivity contribution in [1.29, 1.82) is 0 Å². The maximum absolute atomic E-state index is 13.4. The molecule has 2 aromatic heterocycles. The number of ether oxygens (including phenoxy) is 1. The Bertz CT molecular complexity index is 1240. The summed E-state index contributed by atoms with van der Waals surface area (Å²) in [5.74, 6) is 0.325. The fourth-order valence-electron chi connectivity index (χ4n) is 3.64. The van der Waals surface area contributed by atoms with Crippen LogP contribution in [-0.2, 0) is 0 Å². The number of para-hydroxylation sites is 1. The third-order valence-electron chi connectivity index (χ3n) is 5.36. The lowest BCUT2D eigenvalue weighted by Gasteiger charge is -2.37. The van der Waals surface area contributed by atoms with Gasteiger partial charge in [-0.1, -0.05) is 23.4 Å². The van der Waals surface area contributed by atoms with Crippen molar-refractivity contribution in [3.63, 3.8) is 0 Å². The van der Waals surface area contributed by atoms with Crippen LogP contribution in [0, 0.1) is 5.82 Å². The van der Waals surface area contributed by atoms with E-state index in [0.29, 0.717) is 35.9 Å². The molecule has 1 aliphatic rings. The Balaban J connectivity index is 1.25. The predicted molar refractivity (Wildman–Crippen MR) is 111 cm³/mol. The normalized spacial score (nSPS) is 13.8. The first-order chi connectivity index (χ1) is 15.1. The van der Waals surface area contributed by atoms with Gasteiger partial charge < -0.3 is 9.64 Å². The van der Waals surface area contributed by atoms with Gasteiger partial charge in [-0.15, -0.1) is 5.10 Å². The number of carbonyl (C=O) groups is 1. The molecule has 1 aliphatic heterocycles. The summed E-state index contributed by atoms with van der Waals surface area (Å²) in [6.07, 6.45) is 1.78. The number of aromatic amines is 1. The molecule has 0 aliphatic carbocycles. The molecule has 0 spiro atoms. The Morgan fingerprint density at radius 1 is 1.16 bits per heavy atom. The van der Waals surface area contributed by atoms with E-state index in [4.69, 9.17) is 4.74 Å². The summed E-state index contributed by atoms with van der Waals surface area (Å²) in [6, 6.07) is 15.4. The molecule has 1 N–H and O–H groups in total. The molecular formula is C22H19FN6O2. The van der Waals surface area contributed by atoms with E-state index in [1.807, 2.05) is 24.3 Å². The van der Waals surface area contributed by atoms with E-state index in [-0.39, 0.29) is 17.6 Å². The van der Waals surface area contributed by atoms with Gasteiger partial charge in [0.05, 0.1) is 30.4 Å². The Labute approximate surface area is 177 Å². The number of nitrogens with one attached hydrogen (secondary N) is 1. The lowest BCUT2D eigenvalue weighted by Crippen LogP contribution is -2.48. The van der Waals surface area contributed by atoms with Gasteiger partial charge in [-0.25, -0.2) is 9.07 Å². The molecule has 1 fully saturated rings. The zero-order valence-electron chi connectivity index (χ0n) is 16.7. The lowest BCUT2D eigenvalue weighted by molar-refractivity contribution is 0.0592. The van der Waals surface area contributed by atoms with Crippen molar-refractivity contribution in [3.8, 4) is 22.7 Å². The van der Waals surface area contributed by atoms with Gasteiger partial charge in [0.25, 0.3) is 5.91 Å². The summed E-state index contributed by atoms with van der Waals surface area (Å²) in [7, 11) is 1.60. The minimum absolute atomic E-state index is 0.0860.